The second-order valence-electron chi connectivity index (χ2n) is 4.46. The number of methoxy groups -OCH3 is 1. The average Bonchev–Trinajstić information content (AvgIpc) is 3.12. The zero-order chi connectivity index (χ0) is 15.1. The Kier molecular flexibility index (Phi) is 5.71. The van der Waals surface area contributed by atoms with Crippen LogP contribution in [0.5, 0.6) is 0 Å². The fraction of sp³-hybridized carbons (Fsp3) is 0.333. The highest BCUT2D eigenvalue weighted by atomic mass is 32.1. The third-order valence-corrected chi connectivity index (χ3v) is 3.63. The van der Waals surface area contributed by atoms with Gasteiger partial charge in [-0.1, -0.05) is 0 Å². The van der Waals surface area contributed by atoms with Gasteiger partial charge in [-0.15, -0.1) is 11.3 Å². The van der Waals surface area contributed by atoms with Gasteiger partial charge in [0.1, 0.15) is 5.76 Å². The Labute approximate surface area is 127 Å². The van der Waals surface area contributed by atoms with E-state index in [1.54, 1.807) is 35.7 Å². The minimum absolute atomic E-state index is 0.0888. The molecule has 0 radical (unpaired) electrons. The van der Waals surface area contributed by atoms with E-state index in [0.29, 0.717) is 19.7 Å². The molecule has 2 aromatic rings. The number of carbonyl (C=O) groups excluding carboxylic acids is 1. The van der Waals surface area contributed by atoms with Crippen molar-refractivity contribution in [1.29, 1.82) is 0 Å². The summed E-state index contributed by atoms with van der Waals surface area (Å²) in [5.74, 6) is 0.659. The maximum absolute atomic E-state index is 12.3. The number of amides is 1. The molecule has 21 heavy (non-hydrogen) atoms. The second-order valence-corrected chi connectivity index (χ2v) is 5.52. The first-order chi connectivity index (χ1) is 10.2. The number of hydrogen-bond acceptors (Lipinski definition) is 5. The van der Waals surface area contributed by atoms with E-state index in [1.165, 1.54) is 6.08 Å². The molecule has 0 bridgehead atoms. The van der Waals surface area contributed by atoms with Crippen LogP contribution in [-0.2, 0) is 16.1 Å². The lowest BCUT2D eigenvalue weighted by molar-refractivity contribution is -0.127. The summed E-state index contributed by atoms with van der Waals surface area (Å²) in [4.78, 5) is 18.2. The van der Waals surface area contributed by atoms with Crippen molar-refractivity contribution in [3.63, 3.8) is 0 Å². The predicted molar refractivity (Wildman–Crippen MR) is 81.9 cm³/mol. The molecule has 0 aliphatic carbocycles. The Hall–Kier alpha value is -1.92. The van der Waals surface area contributed by atoms with Gasteiger partial charge in [-0.05, 0) is 25.1 Å². The first kappa shape index (κ1) is 15.5. The summed E-state index contributed by atoms with van der Waals surface area (Å²) >= 11 is 1.56. The van der Waals surface area contributed by atoms with Crippen LogP contribution in [0.25, 0.3) is 6.08 Å². The third-order valence-electron chi connectivity index (χ3n) is 2.84. The molecule has 0 saturated carbocycles. The fourth-order valence-corrected chi connectivity index (χ4v) is 2.36. The van der Waals surface area contributed by atoms with Crippen LogP contribution in [0, 0.1) is 6.92 Å². The summed E-state index contributed by atoms with van der Waals surface area (Å²) in [7, 11) is 1.61. The quantitative estimate of drug-likeness (QED) is 0.738. The van der Waals surface area contributed by atoms with Crippen molar-refractivity contribution in [2.24, 2.45) is 0 Å². The molecule has 0 aliphatic rings. The molecule has 0 unspecified atom stereocenters. The molecule has 112 valence electrons. The standard InChI is InChI=1S/C15H18N2O3S/c1-12-16-13(11-21-12)5-6-15(18)17(7-9-19-2)10-14-4-3-8-20-14/h3-6,8,11H,7,9-10H2,1-2H3/b6-5+. The van der Waals surface area contributed by atoms with Crippen LogP contribution >= 0.6 is 11.3 Å². The van der Waals surface area contributed by atoms with Crippen LogP contribution in [0.2, 0.25) is 0 Å². The summed E-state index contributed by atoms with van der Waals surface area (Å²) in [6, 6.07) is 3.66. The number of carbonyl (C=O) groups is 1. The Balaban J connectivity index is 2.01. The molecule has 2 heterocycles. The first-order valence-electron chi connectivity index (χ1n) is 6.59. The minimum atomic E-state index is -0.0888. The van der Waals surface area contributed by atoms with Crippen LogP contribution < -0.4 is 0 Å². The summed E-state index contributed by atoms with van der Waals surface area (Å²) in [6.45, 7) is 3.35. The molecule has 2 rings (SSSR count). The van der Waals surface area contributed by atoms with Crippen molar-refractivity contribution in [3.05, 3.63) is 46.3 Å². The van der Waals surface area contributed by atoms with E-state index in [9.17, 15) is 4.79 Å². The maximum Gasteiger partial charge on any atom is 0.247 e. The highest BCUT2D eigenvalue weighted by molar-refractivity contribution is 7.09. The monoisotopic (exact) mass is 306 g/mol. The van der Waals surface area contributed by atoms with E-state index in [4.69, 9.17) is 9.15 Å². The van der Waals surface area contributed by atoms with Crippen molar-refractivity contribution in [2.45, 2.75) is 13.5 Å². The molecule has 0 aromatic carbocycles. The predicted octanol–water partition coefficient (Wildman–Crippen LogP) is 2.73. The summed E-state index contributed by atoms with van der Waals surface area (Å²) in [5.41, 5.74) is 0.801. The third kappa shape index (κ3) is 4.84. The van der Waals surface area contributed by atoms with Gasteiger partial charge in [0, 0.05) is 25.1 Å². The molecule has 0 atom stereocenters. The molecule has 6 heteroatoms. The van der Waals surface area contributed by atoms with Crippen LogP contribution in [0.4, 0.5) is 0 Å². The van der Waals surface area contributed by atoms with Gasteiger partial charge in [-0.2, -0.15) is 0 Å². The van der Waals surface area contributed by atoms with Gasteiger partial charge in [-0.3, -0.25) is 4.79 Å². The van der Waals surface area contributed by atoms with Crippen LogP contribution in [0.3, 0.4) is 0 Å². The SMILES string of the molecule is COCCN(Cc1ccco1)C(=O)/C=C/c1csc(C)n1. The Bertz CT molecular complexity index is 590. The lowest BCUT2D eigenvalue weighted by atomic mass is 10.3. The van der Waals surface area contributed by atoms with Crippen molar-refractivity contribution in [1.82, 2.24) is 9.88 Å². The van der Waals surface area contributed by atoms with Gasteiger partial charge in [-0.25, -0.2) is 4.98 Å². The molecule has 2 aromatic heterocycles. The van der Waals surface area contributed by atoms with E-state index < -0.39 is 0 Å². The molecule has 0 saturated heterocycles. The lowest BCUT2D eigenvalue weighted by Crippen LogP contribution is -2.31. The van der Waals surface area contributed by atoms with E-state index in [-0.39, 0.29) is 5.91 Å². The number of furan rings is 1. The molecule has 0 fully saturated rings. The summed E-state index contributed by atoms with van der Waals surface area (Å²) in [5, 5.41) is 2.90. The molecule has 0 N–H and O–H groups in total. The van der Waals surface area contributed by atoms with Crippen molar-refractivity contribution in [3.8, 4) is 0 Å². The molecule has 0 spiro atoms. The highest BCUT2D eigenvalue weighted by Crippen LogP contribution is 2.10. The van der Waals surface area contributed by atoms with Gasteiger partial charge in [0.2, 0.25) is 5.91 Å². The lowest BCUT2D eigenvalue weighted by Gasteiger charge is -2.19. The van der Waals surface area contributed by atoms with Crippen molar-refractivity contribution in [2.75, 3.05) is 20.3 Å². The molecular formula is C15H18N2O3S. The van der Waals surface area contributed by atoms with Crippen LogP contribution in [-0.4, -0.2) is 36.1 Å². The second kappa shape index (κ2) is 7.75. The normalized spacial score (nSPS) is 11.1. The topological polar surface area (TPSA) is 55.6 Å². The van der Waals surface area contributed by atoms with Crippen LogP contribution in [0.15, 0.2) is 34.3 Å². The maximum atomic E-state index is 12.3. The first-order valence-corrected chi connectivity index (χ1v) is 7.47. The number of aryl methyl sites for hydroxylation is 1. The van der Waals surface area contributed by atoms with E-state index >= 15 is 0 Å². The van der Waals surface area contributed by atoms with Gasteiger partial charge < -0.3 is 14.1 Å². The molecule has 5 nitrogen and oxygen atoms in total. The van der Waals surface area contributed by atoms with E-state index in [1.807, 2.05) is 24.4 Å². The highest BCUT2D eigenvalue weighted by Gasteiger charge is 2.12. The fourth-order valence-electron chi connectivity index (χ4n) is 1.78. The van der Waals surface area contributed by atoms with Crippen LogP contribution in [0.1, 0.15) is 16.5 Å². The van der Waals surface area contributed by atoms with Gasteiger partial charge in [0.05, 0.1) is 30.1 Å². The smallest absolute Gasteiger partial charge is 0.247 e. The Morgan fingerprint density at radius 2 is 2.43 bits per heavy atom. The minimum Gasteiger partial charge on any atom is -0.467 e. The zero-order valence-electron chi connectivity index (χ0n) is 12.1. The summed E-state index contributed by atoms with van der Waals surface area (Å²) < 4.78 is 10.3. The number of nitrogens with zero attached hydrogens (tertiary/aromatic N) is 2. The number of thiazole rings is 1. The Morgan fingerprint density at radius 1 is 1.57 bits per heavy atom. The molecular weight excluding hydrogens is 288 g/mol. The molecule has 0 aliphatic heterocycles. The largest absolute Gasteiger partial charge is 0.467 e. The van der Waals surface area contributed by atoms with Gasteiger partial charge in [0.15, 0.2) is 0 Å². The number of rotatable bonds is 7. The summed E-state index contributed by atoms with van der Waals surface area (Å²) in [6.07, 6.45) is 4.86. The van der Waals surface area contributed by atoms with Crippen molar-refractivity contribution < 1.29 is 13.9 Å². The van der Waals surface area contributed by atoms with Crippen molar-refractivity contribution >= 4 is 23.3 Å². The zero-order valence-corrected chi connectivity index (χ0v) is 12.9. The number of ether oxygens (including phenoxy) is 1. The Morgan fingerprint density at radius 3 is 3.05 bits per heavy atom. The van der Waals surface area contributed by atoms with E-state index in [0.717, 1.165) is 16.5 Å². The van der Waals surface area contributed by atoms with Gasteiger partial charge in [0.25, 0.3) is 0 Å². The molecule has 1 amide bonds. The number of aromatic nitrogens is 1. The number of hydrogen-bond donors (Lipinski definition) is 0. The van der Waals surface area contributed by atoms with E-state index in [2.05, 4.69) is 4.98 Å². The van der Waals surface area contributed by atoms with Gasteiger partial charge >= 0.3 is 0 Å². The average molecular weight is 306 g/mol.